The Bertz CT molecular complexity index is 1120. The van der Waals surface area contributed by atoms with Gasteiger partial charge in [0.05, 0.1) is 9.95 Å². The minimum Gasteiger partial charge on any atom is -0.477 e. The number of rotatable bonds is 7. The van der Waals surface area contributed by atoms with Crippen molar-refractivity contribution in [2.45, 2.75) is 18.6 Å². The summed E-state index contributed by atoms with van der Waals surface area (Å²) < 4.78 is 10.9. The van der Waals surface area contributed by atoms with Crippen LogP contribution in [0.1, 0.15) is 18.6 Å². The fraction of sp³-hybridized carbons (Fsp3) is 0.118. The van der Waals surface area contributed by atoms with Crippen molar-refractivity contribution in [2.75, 3.05) is 0 Å². The van der Waals surface area contributed by atoms with Crippen molar-refractivity contribution in [2.24, 2.45) is 0 Å². The lowest BCUT2D eigenvalue weighted by Crippen LogP contribution is -1.96. The van der Waals surface area contributed by atoms with Gasteiger partial charge in [-0.1, -0.05) is 30.1 Å². The first-order chi connectivity index (χ1) is 13.8. The Morgan fingerprint density at radius 3 is 2.66 bits per heavy atom. The number of nitro benzene ring substituents is 1. The van der Waals surface area contributed by atoms with Crippen LogP contribution in [-0.2, 0) is 11.2 Å². The first-order valence-corrected chi connectivity index (χ1v) is 9.54. The van der Waals surface area contributed by atoms with Gasteiger partial charge in [-0.15, -0.1) is 10.2 Å². The van der Waals surface area contributed by atoms with Crippen molar-refractivity contribution in [1.29, 1.82) is 0 Å². The maximum atomic E-state index is 11.5. The highest BCUT2D eigenvalue weighted by Gasteiger charge is 2.19. The van der Waals surface area contributed by atoms with Crippen LogP contribution >= 0.6 is 35.0 Å². The number of hydrogen-bond donors (Lipinski definition) is 1. The topological polar surface area (TPSA) is 132 Å². The number of furan rings is 1. The highest BCUT2D eigenvalue weighted by Crippen LogP contribution is 2.38. The zero-order valence-electron chi connectivity index (χ0n) is 14.6. The summed E-state index contributed by atoms with van der Waals surface area (Å²) in [5.41, 5.74) is -0.00130. The molecule has 0 saturated carbocycles. The van der Waals surface area contributed by atoms with E-state index in [0.717, 1.165) is 17.8 Å². The molecule has 0 atom stereocenters. The molecule has 12 heteroatoms. The lowest BCUT2D eigenvalue weighted by Gasteiger charge is -2.03. The highest BCUT2D eigenvalue weighted by molar-refractivity contribution is 8.03. The summed E-state index contributed by atoms with van der Waals surface area (Å²) in [4.78, 5) is 21.7. The zero-order chi connectivity index (χ0) is 21.1. The standard InChI is InChI=1S/C17H11Cl2N3O6S/c1-2-15-20-21-17(28-15)29-14(16(23)24)5-8-3-4-13(27-8)9-6-11(19)12(22(25)26)7-10(9)18/h3-7H,2H2,1H3,(H,23,24)/b14-5-. The Morgan fingerprint density at radius 1 is 1.28 bits per heavy atom. The average molecular weight is 456 g/mol. The van der Waals surface area contributed by atoms with Crippen LogP contribution in [0.15, 0.2) is 43.2 Å². The average Bonchev–Trinajstić information content (AvgIpc) is 3.31. The van der Waals surface area contributed by atoms with E-state index in [2.05, 4.69) is 10.2 Å². The molecule has 2 heterocycles. The Morgan fingerprint density at radius 2 is 2.03 bits per heavy atom. The van der Waals surface area contributed by atoms with Crippen LogP contribution in [0, 0.1) is 10.1 Å². The van der Waals surface area contributed by atoms with Crippen LogP contribution in [0.5, 0.6) is 0 Å². The Kier molecular flexibility index (Phi) is 6.26. The minimum absolute atomic E-state index is 0.0665. The molecule has 0 aliphatic rings. The molecular weight excluding hydrogens is 445 g/mol. The number of aryl methyl sites for hydroxylation is 1. The number of carboxylic acids is 1. The Hall–Kier alpha value is -2.82. The molecule has 3 rings (SSSR count). The van der Waals surface area contributed by atoms with Gasteiger partial charge in [-0.2, -0.15) is 0 Å². The predicted molar refractivity (Wildman–Crippen MR) is 106 cm³/mol. The minimum atomic E-state index is -1.21. The number of nitro groups is 1. The Labute approximate surface area is 177 Å². The number of benzene rings is 1. The second-order valence-electron chi connectivity index (χ2n) is 5.47. The molecular formula is C17H11Cl2N3O6S. The van der Waals surface area contributed by atoms with Crippen molar-refractivity contribution < 1.29 is 23.7 Å². The molecule has 0 bridgehead atoms. The van der Waals surface area contributed by atoms with Gasteiger partial charge >= 0.3 is 5.97 Å². The van der Waals surface area contributed by atoms with E-state index in [-0.39, 0.29) is 37.4 Å². The van der Waals surface area contributed by atoms with Crippen LogP contribution in [0.3, 0.4) is 0 Å². The molecule has 29 heavy (non-hydrogen) atoms. The summed E-state index contributed by atoms with van der Waals surface area (Å²) in [5.74, 6) is -0.340. The number of halogens is 2. The van der Waals surface area contributed by atoms with E-state index in [1.165, 1.54) is 18.2 Å². The molecule has 0 amide bonds. The number of aromatic nitrogens is 2. The van der Waals surface area contributed by atoms with Crippen molar-refractivity contribution in [1.82, 2.24) is 10.2 Å². The first kappa shape index (κ1) is 20.9. The summed E-state index contributed by atoms with van der Waals surface area (Å²) in [6.45, 7) is 1.83. The third-order valence-electron chi connectivity index (χ3n) is 3.56. The van der Waals surface area contributed by atoms with Crippen molar-refractivity contribution in [3.63, 3.8) is 0 Å². The van der Waals surface area contributed by atoms with Crippen molar-refractivity contribution in [3.8, 4) is 11.3 Å². The quantitative estimate of drug-likeness (QED) is 0.217. The molecule has 0 aliphatic heterocycles. The summed E-state index contributed by atoms with van der Waals surface area (Å²) in [7, 11) is 0. The van der Waals surface area contributed by atoms with Crippen molar-refractivity contribution >= 4 is 52.7 Å². The SMILES string of the molecule is CCc1nnc(S/C(=C\c2ccc(-c3cc(Cl)c([N+](=O)[O-])cc3Cl)o2)C(=O)O)o1. The maximum absolute atomic E-state index is 11.5. The lowest BCUT2D eigenvalue weighted by atomic mass is 10.1. The molecule has 0 spiro atoms. The monoisotopic (exact) mass is 455 g/mol. The summed E-state index contributed by atoms with van der Waals surface area (Å²) in [6, 6.07) is 5.50. The summed E-state index contributed by atoms with van der Waals surface area (Å²) >= 11 is 12.8. The number of thioether (sulfide) groups is 1. The molecule has 0 aliphatic carbocycles. The summed E-state index contributed by atoms with van der Waals surface area (Å²) in [6.07, 6.45) is 1.81. The molecule has 1 N–H and O–H groups in total. The maximum Gasteiger partial charge on any atom is 0.342 e. The smallest absolute Gasteiger partial charge is 0.342 e. The van der Waals surface area contributed by atoms with Gasteiger partial charge in [0.25, 0.3) is 10.9 Å². The van der Waals surface area contributed by atoms with E-state index >= 15 is 0 Å². The van der Waals surface area contributed by atoms with Crippen molar-refractivity contribution in [3.05, 3.63) is 61.0 Å². The van der Waals surface area contributed by atoms with Crippen LogP contribution in [0.2, 0.25) is 10.0 Å². The van der Waals surface area contributed by atoms with Gasteiger partial charge in [0.15, 0.2) is 0 Å². The van der Waals surface area contributed by atoms with Crippen LogP contribution in [0.4, 0.5) is 5.69 Å². The highest BCUT2D eigenvalue weighted by atomic mass is 35.5. The predicted octanol–water partition coefficient (Wildman–Crippen LogP) is 5.32. The molecule has 0 fully saturated rings. The summed E-state index contributed by atoms with van der Waals surface area (Å²) in [5, 5.41) is 28.0. The number of carbonyl (C=O) groups is 1. The van der Waals surface area contributed by atoms with Gasteiger partial charge in [0, 0.05) is 24.1 Å². The van der Waals surface area contributed by atoms with Gasteiger partial charge in [0.2, 0.25) is 5.89 Å². The number of carboxylic acid groups (broad SMARTS) is 1. The van der Waals surface area contributed by atoms with Crippen LogP contribution < -0.4 is 0 Å². The number of aliphatic carboxylic acids is 1. The van der Waals surface area contributed by atoms with Crippen LogP contribution in [-0.4, -0.2) is 26.2 Å². The molecule has 2 aromatic heterocycles. The van der Waals surface area contributed by atoms with E-state index in [9.17, 15) is 20.0 Å². The Balaban J connectivity index is 1.90. The number of nitrogens with zero attached hydrogens (tertiary/aromatic N) is 3. The molecule has 3 aromatic rings. The molecule has 9 nitrogen and oxygen atoms in total. The number of hydrogen-bond acceptors (Lipinski definition) is 8. The molecule has 0 unspecified atom stereocenters. The fourth-order valence-corrected chi connectivity index (χ4v) is 3.37. The second-order valence-corrected chi connectivity index (χ2v) is 7.28. The van der Waals surface area contributed by atoms with Crippen LogP contribution in [0.25, 0.3) is 17.4 Å². The van der Waals surface area contributed by atoms with E-state index in [1.54, 1.807) is 6.07 Å². The van der Waals surface area contributed by atoms with Gasteiger partial charge < -0.3 is 13.9 Å². The van der Waals surface area contributed by atoms with E-state index in [1.807, 2.05) is 6.92 Å². The van der Waals surface area contributed by atoms with E-state index in [0.29, 0.717) is 17.9 Å². The third-order valence-corrected chi connectivity index (χ3v) is 5.03. The normalized spacial score (nSPS) is 11.6. The van der Waals surface area contributed by atoms with Gasteiger partial charge in [0.1, 0.15) is 21.4 Å². The lowest BCUT2D eigenvalue weighted by molar-refractivity contribution is -0.384. The molecule has 0 saturated heterocycles. The molecule has 150 valence electrons. The largest absolute Gasteiger partial charge is 0.477 e. The van der Waals surface area contributed by atoms with Gasteiger partial charge in [-0.05, 0) is 30.0 Å². The molecule has 0 radical (unpaired) electrons. The van der Waals surface area contributed by atoms with E-state index < -0.39 is 10.9 Å². The molecule has 1 aromatic carbocycles. The second kappa shape index (κ2) is 8.68. The first-order valence-electron chi connectivity index (χ1n) is 7.97. The van der Waals surface area contributed by atoms with Gasteiger partial charge in [-0.25, -0.2) is 4.79 Å². The zero-order valence-corrected chi connectivity index (χ0v) is 16.9. The van der Waals surface area contributed by atoms with E-state index in [4.69, 9.17) is 32.0 Å². The van der Waals surface area contributed by atoms with Gasteiger partial charge in [-0.3, -0.25) is 10.1 Å². The fourth-order valence-electron chi connectivity index (χ4n) is 2.22. The third kappa shape index (κ3) is 4.78.